The maximum atomic E-state index is 11.5. The van der Waals surface area contributed by atoms with Crippen molar-refractivity contribution in [2.75, 3.05) is 0 Å². The van der Waals surface area contributed by atoms with Gasteiger partial charge < -0.3 is 11.1 Å². The largest absolute Gasteiger partial charge is 0.351 e. The Labute approximate surface area is 104 Å². The van der Waals surface area contributed by atoms with Gasteiger partial charge >= 0.3 is 0 Å². The molecule has 4 saturated carbocycles. The first kappa shape index (κ1) is 11.5. The van der Waals surface area contributed by atoms with E-state index in [-0.39, 0.29) is 17.0 Å². The van der Waals surface area contributed by atoms with E-state index in [9.17, 15) is 4.79 Å². The molecular weight excluding hydrogens is 212 g/mol. The van der Waals surface area contributed by atoms with Gasteiger partial charge in [-0.25, -0.2) is 0 Å². The Morgan fingerprint density at radius 3 is 1.94 bits per heavy atom. The molecule has 17 heavy (non-hydrogen) atoms. The molecule has 0 aliphatic heterocycles. The van der Waals surface area contributed by atoms with E-state index in [1.807, 2.05) is 0 Å². The second kappa shape index (κ2) is 2.87. The maximum absolute atomic E-state index is 11.5. The summed E-state index contributed by atoms with van der Waals surface area (Å²) in [6.07, 6.45) is 6.77. The van der Waals surface area contributed by atoms with Gasteiger partial charge in [0.05, 0.1) is 0 Å². The predicted molar refractivity (Wildman–Crippen MR) is 67.4 cm³/mol. The minimum Gasteiger partial charge on any atom is -0.351 e. The van der Waals surface area contributed by atoms with Gasteiger partial charge in [0.15, 0.2) is 0 Å². The summed E-state index contributed by atoms with van der Waals surface area (Å²) in [7, 11) is 0. The minimum atomic E-state index is -0.0410. The van der Waals surface area contributed by atoms with E-state index in [0.717, 1.165) is 32.1 Å². The van der Waals surface area contributed by atoms with Gasteiger partial charge in [-0.05, 0) is 49.4 Å². The fourth-order valence-electron chi connectivity index (χ4n) is 6.29. The molecule has 96 valence electrons. The van der Waals surface area contributed by atoms with E-state index in [2.05, 4.69) is 19.2 Å². The number of carbonyl (C=O) groups is 1. The highest BCUT2D eigenvalue weighted by Gasteiger charge is 2.64. The third-order valence-electron chi connectivity index (χ3n) is 5.07. The molecule has 1 amide bonds. The van der Waals surface area contributed by atoms with Crippen molar-refractivity contribution in [3.05, 3.63) is 0 Å². The van der Waals surface area contributed by atoms with Gasteiger partial charge in [-0.3, -0.25) is 4.79 Å². The molecule has 4 fully saturated rings. The first-order chi connectivity index (χ1) is 7.66. The molecule has 4 aliphatic rings. The number of amides is 1. The van der Waals surface area contributed by atoms with Crippen molar-refractivity contribution in [3.63, 3.8) is 0 Å². The van der Waals surface area contributed by atoms with Crippen LogP contribution in [0.15, 0.2) is 0 Å². The number of carbonyl (C=O) groups excluding carboxylic acids is 1. The van der Waals surface area contributed by atoms with Crippen molar-refractivity contribution in [2.24, 2.45) is 16.6 Å². The normalized spacial score (nSPS) is 56.0. The standard InChI is InChI=1S/C14H24N2O/c1-10(17)16-14-7-11(2)4-12(3,8-14)6-13(15,5-11)9-14/h4-9,15H2,1-3H3,(H,16,17)/t11-,12+,13?,14?. The minimum absolute atomic E-state index is 0.0150. The van der Waals surface area contributed by atoms with Crippen LogP contribution in [0.5, 0.6) is 0 Å². The van der Waals surface area contributed by atoms with Gasteiger partial charge in [0.2, 0.25) is 5.91 Å². The van der Waals surface area contributed by atoms with Crippen LogP contribution in [-0.2, 0) is 4.79 Å². The molecule has 2 unspecified atom stereocenters. The van der Waals surface area contributed by atoms with Crippen LogP contribution in [0.4, 0.5) is 0 Å². The summed E-state index contributed by atoms with van der Waals surface area (Å²) in [6, 6.07) is 0. The molecule has 0 aromatic rings. The molecule has 4 bridgehead atoms. The summed E-state index contributed by atoms with van der Waals surface area (Å²) in [4.78, 5) is 11.5. The molecule has 4 aliphatic carbocycles. The Bertz CT molecular complexity index is 336. The number of hydrogen-bond acceptors (Lipinski definition) is 2. The smallest absolute Gasteiger partial charge is 0.217 e. The highest BCUT2D eigenvalue weighted by molar-refractivity contribution is 5.74. The Kier molecular flexibility index (Phi) is 1.95. The average molecular weight is 236 g/mol. The van der Waals surface area contributed by atoms with Crippen LogP contribution in [0.25, 0.3) is 0 Å². The fraction of sp³-hybridized carbons (Fsp3) is 0.929. The zero-order chi connectivity index (χ0) is 12.5. The van der Waals surface area contributed by atoms with Crippen LogP contribution in [0.1, 0.15) is 59.3 Å². The first-order valence-electron chi connectivity index (χ1n) is 6.74. The number of nitrogens with two attached hydrogens (primary N) is 1. The van der Waals surface area contributed by atoms with Crippen LogP contribution < -0.4 is 11.1 Å². The van der Waals surface area contributed by atoms with E-state index < -0.39 is 0 Å². The number of rotatable bonds is 1. The van der Waals surface area contributed by atoms with Crippen molar-refractivity contribution in [2.45, 2.75) is 70.4 Å². The van der Waals surface area contributed by atoms with Crippen molar-refractivity contribution >= 4 is 5.91 Å². The molecule has 4 rings (SSSR count). The van der Waals surface area contributed by atoms with Crippen LogP contribution >= 0.6 is 0 Å². The zero-order valence-electron chi connectivity index (χ0n) is 11.2. The maximum Gasteiger partial charge on any atom is 0.217 e. The second-order valence-electron chi connectivity index (χ2n) is 8.01. The lowest BCUT2D eigenvalue weighted by Crippen LogP contribution is -2.72. The van der Waals surface area contributed by atoms with Crippen LogP contribution in [-0.4, -0.2) is 17.0 Å². The van der Waals surface area contributed by atoms with Crippen molar-refractivity contribution in [3.8, 4) is 0 Å². The number of hydrogen-bond donors (Lipinski definition) is 2. The summed E-state index contributed by atoms with van der Waals surface area (Å²) in [5, 5.41) is 3.24. The quantitative estimate of drug-likeness (QED) is 0.731. The van der Waals surface area contributed by atoms with Gasteiger partial charge in [-0.2, -0.15) is 0 Å². The third-order valence-corrected chi connectivity index (χ3v) is 5.07. The van der Waals surface area contributed by atoms with Crippen LogP contribution in [0.3, 0.4) is 0 Å². The summed E-state index contributed by atoms with van der Waals surface area (Å²) in [5.74, 6) is 0.0998. The molecule has 0 heterocycles. The molecule has 0 aromatic heterocycles. The Morgan fingerprint density at radius 1 is 1.00 bits per heavy atom. The molecule has 4 atom stereocenters. The van der Waals surface area contributed by atoms with E-state index in [1.54, 1.807) is 6.92 Å². The Morgan fingerprint density at radius 2 is 1.53 bits per heavy atom. The summed E-state index contributed by atoms with van der Waals surface area (Å²) < 4.78 is 0. The molecule has 3 N–H and O–H groups in total. The van der Waals surface area contributed by atoms with E-state index >= 15 is 0 Å². The van der Waals surface area contributed by atoms with Gasteiger partial charge in [0.1, 0.15) is 0 Å². The lowest BCUT2D eigenvalue weighted by Gasteiger charge is -2.68. The summed E-state index contributed by atoms with van der Waals surface area (Å²) in [5.41, 5.74) is 7.21. The summed E-state index contributed by atoms with van der Waals surface area (Å²) >= 11 is 0. The zero-order valence-corrected chi connectivity index (χ0v) is 11.2. The molecule has 3 heteroatoms. The van der Waals surface area contributed by atoms with Crippen molar-refractivity contribution < 1.29 is 4.79 Å². The summed E-state index contributed by atoms with van der Waals surface area (Å²) in [6.45, 7) is 6.36. The Balaban J connectivity index is 2.01. The van der Waals surface area contributed by atoms with Gasteiger partial charge in [-0.15, -0.1) is 0 Å². The first-order valence-corrected chi connectivity index (χ1v) is 6.74. The van der Waals surface area contributed by atoms with E-state index in [1.165, 1.54) is 6.42 Å². The highest BCUT2D eigenvalue weighted by atomic mass is 16.1. The van der Waals surface area contributed by atoms with Crippen molar-refractivity contribution in [1.29, 1.82) is 0 Å². The fourth-order valence-corrected chi connectivity index (χ4v) is 6.29. The lowest BCUT2D eigenvalue weighted by molar-refractivity contribution is -0.143. The molecule has 0 spiro atoms. The highest BCUT2D eigenvalue weighted by Crippen LogP contribution is 2.66. The van der Waals surface area contributed by atoms with Crippen molar-refractivity contribution in [1.82, 2.24) is 5.32 Å². The third kappa shape index (κ3) is 1.70. The van der Waals surface area contributed by atoms with Gasteiger partial charge in [-0.1, -0.05) is 13.8 Å². The Hall–Kier alpha value is -0.570. The van der Waals surface area contributed by atoms with Crippen LogP contribution in [0.2, 0.25) is 0 Å². The molecule has 0 aromatic carbocycles. The van der Waals surface area contributed by atoms with Gasteiger partial charge in [0.25, 0.3) is 0 Å². The lowest BCUT2D eigenvalue weighted by atomic mass is 9.40. The van der Waals surface area contributed by atoms with Crippen LogP contribution in [0, 0.1) is 10.8 Å². The SMILES string of the molecule is CC(=O)NC12CC3(N)C[C@@](C)(C1)C[C@](C)(C3)C2. The monoisotopic (exact) mass is 236 g/mol. The predicted octanol–water partition coefficient (Wildman–Crippen LogP) is 1.95. The van der Waals surface area contributed by atoms with E-state index in [0.29, 0.717) is 10.8 Å². The molecular formula is C14H24N2O. The van der Waals surface area contributed by atoms with E-state index in [4.69, 9.17) is 5.73 Å². The molecule has 0 saturated heterocycles. The average Bonchev–Trinajstić information content (AvgIpc) is 1.87. The number of nitrogens with one attached hydrogen (secondary N) is 1. The molecule has 0 radical (unpaired) electrons. The topological polar surface area (TPSA) is 55.1 Å². The molecule has 3 nitrogen and oxygen atoms in total. The van der Waals surface area contributed by atoms with Gasteiger partial charge in [0, 0.05) is 18.0 Å². The second-order valence-corrected chi connectivity index (χ2v) is 8.01.